The van der Waals surface area contributed by atoms with Gasteiger partial charge in [-0.15, -0.1) is 9.36 Å². The van der Waals surface area contributed by atoms with Crippen LogP contribution in [0.3, 0.4) is 0 Å². The Bertz CT molecular complexity index is 497. The monoisotopic (exact) mass is 235 g/mol. The summed E-state index contributed by atoms with van der Waals surface area (Å²) in [5, 5.41) is 12.7. The molecule has 2 rings (SSSR count). The molecule has 2 N–H and O–H groups in total. The van der Waals surface area contributed by atoms with E-state index in [4.69, 9.17) is 11.1 Å². The Morgan fingerprint density at radius 3 is 2.56 bits per heavy atom. The van der Waals surface area contributed by atoms with Gasteiger partial charge in [-0.3, -0.25) is 5.84 Å². The third kappa shape index (κ3) is 2.72. The largest absolute Gasteiger partial charge is 1.00 e. The van der Waals surface area contributed by atoms with Crippen molar-refractivity contribution in [2.45, 2.75) is 6.54 Å². The summed E-state index contributed by atoms with van der Waals surface area (Å²) in [4.78, 5) is 0. The van der Waals surface area contributed by atoms with E-state index in [2.05, 4.69) is 11.2 Å². The van der Waals surface area contributed by atoms with E-state index in [0.29, 0.717) is 12.1 Å². The molecule has 6 heteroatoms. The first-order chi connectivity index (χ1) is 7.28. The minimum atomic E-state index is 0. The van der Waals surface area contributed by atoms with Crippen molar-refractivity contribution in [1.29, 1.82) is 5.26 Å². The van der Waals surface area contributed by atoms with Gasteiger partial charge in [0.2, 0.25) is 6.33 Å². The predicted octanol–water partition coefficient (Wildman–Crippen LogP) is -3.19. The van der Waals surface area contributed by atoms with Crippen LogP contribution in [0.15, 0.2) is 36.9 Å². The van der Waals surface area contributed by atoms with Gasteiger partial charge in [-0.1, -0.05) is 12.1 Å². The maximum absolute atomic E-state index is 8.63. The second kappa shape index (κ2) is 5.14. The minimum absolute atomic E-state index is 0. The molecule has 2 aromatic rings. The van der Waals surface area contributed by atoms with Crippen molar-refractivity contribution in [3.05, 3.63) is 48.0 Å². The fourth-order valence-corrected chi connectivity index (χ4v) is 1.29. The van der Waals surface area contributed by atoms with Crippen LogP contribution < -0.4 is 22.9 Å². The fourth-order valence-electron chi connectivity index (χ4n) is 1.29. The van der Waals surface area contributed by atoms with E-state index in [1.54, 1.807) is 23.1 Å². The van der Waals surface area contributed by atoms with Gasteiger partial charge in [-0.05, 0) is 17.7 Å². The third-order valence-corrected chi connectivity index (χ3v) is 2.03. The SMILES string of the molecule is N#Cc1ccc(Cn2c[n+](N)cn2)cc1.[Cl-]. The summed E-state index contributed by atoms with van der Waals surface area (Å²) >= 11 is 0. The van der Waals surface area contributed by atoms with Gasteiger partial charge < -0.3 is 12.4 Å². The standard InChI is InChI=1S/C10H10N5.ClH/c11-5-9-1-3-10(4-2-9)6-15-8-14(12)7-13-15;/h1-4,7-8H,6,12H2;1H/q+1;/p-1. The van der Waals surface area contributed by atoms with Gasteiger partial charge >= 0.3 is 0 Å². The average Bonchev–Trinajstić information content (AvgIpc) is 2.65. The number of hydrogen-bond donors (Lipinski definition) is 1. The van der Waals surface area contributed by atoms with Crippen LogP contribution in [0, 0.1) is 11.3 Å². The summed E-state index contributed by atoms with van der Waals surface area (Å²) in [5.74, 6) is 5.47. The second-order valence-electron chi connectivity index (χ2n) is 3.20. The van der Waals surface area contributed by atoms with Crippen LogP contribution in [0.25, 0.3) is 0 Å². The van der Waals surface area contributed by atoms with Crippen molar-refractivity contribution in [2.24, 2.45) is 0 Å². The molecule has 0 radical (unpaired) electrons. The van der Waals surface area contributed by atoms with E-state index in [1.807, 2.05) is 12.1 Å². The highest BCUT2D eigenvalue weighted by molar-refractivity contribution is 5.31. The molecule has 0 aliphatic carbocycles. The number of rotatable bonds is 2. The molecule has 0 amide bonds. The van der Waals surface area contributed by atoms with Crippen LogP contribution in [-0.4, -0.2) is 9.78 Å². The number of nitriles is 1. The Balaban J connectivity index is 0.00000128. The lowest BCUT2D eigenvalue weighted by Gasteiger charge is -1.95. The zero-order valence-electron chi connectivity index (χ0n) is 8.42. The number of nitrogen functional groups attached to an aromatic ring is 1. The van der Waals surface area contributed by atoms with E-state index in [-0.39, 0.29) is 12.4 Å². The quantitative estimate of drug-likeness (QED) is 0.441. The summed E-state index contributed by atoms with van der Waals surface area (Å²) < 4.78 is 3.12. The number of halogens is 1. The van der Waals surface area contributed by atoms with Crippen molar-refractivity contribution in [3.63, 3.8) is 0 Å². The molecule has 0 atom stereocenters. The molecule has 82 valence electrons. The fraction of sp³-hybridized carbons (Fsp3) is 0.100. The van der Waals surface area contributed by atoms with Crippen LogP contribution in [0.4, 0.5) is 0 Å². The molecular weight excluding hydrogens is 226 g/mol. The molecule has 1 aromatic heterocycles. The van der Waals surface area contributed by atoms with Gasteiger partial charge in [0, 0.05) is 5.10 Å². The van der Waals surface area contributed by atoms with Crippen LogP contribution in [-0.2, 0) is 6.54 Å². The average molecular weight is 236 g/mol. The molecule has 0 fully saturated rings. The van der Waals surface area contributed by atoms with Crippen molar-refractivity contribution in [3.8, 4) is 6.07 Å². The lowest BCUT2D eigenvalue weighted by molar-refractivity contribution is -0.639. The van der Waals surface area contributed by atoms with Gasteiger partial charge in [0.25, 0.3) is 6.33 Å². The highest BCUT2D eigenvalue weighted by atomic mass is 35.5. The van der Waals surface area contributed by atoms with Gasteiger partial charge in [-0.2, -0.15) is 5.26 Å². The first-order valence-electron chi connectivity index (χ1n) is 4.46. The molecule has 0 saturated carbocycles. The summed E-state index contributed by atoms with van der Waals surface area (Å²) in [6, 6.07) is 9.46. The second-order valence-corrected chi connectivity index (χ2v) is 3.20. The Hall–Kier alpha value is -2.06. The van der Waals surface area contributed by atoms with Crippen molar-refractivity contribution in [1.82, 2.24) is 9.78 Å². The molecule has 0 unspecified atom stereocenters. The molecule has 5 nitrogen and oxygen atoms in total. The molecular formula is C10H10ClN5. The first-order valence-corrected chi connectivity index (χ1v) is 4.46. The van der Waals surface area contributed by atoms with E-state index < -0.39 is 0 Å². The van der Waals surface area contributed by atoms with Gasteiger partial charge in [0.15, 0.2) is 0 Å². The maximum atomic E-state index is 8.63. The Labute approximate surface area is 99.1 Å². The summed E-state index contributed by atoms with van der Waals surface area (Å²) in [6.45, 7) is 0.649. The minimum Gasteiger partial charge on any atom is -1.00 e. The number of benzene rings is 1. The maximum Gasteiger partial charge on any atom is 0.286 e. The number of nitrogens with zero attached hydrogens (tertiary/aromatic N) is 4. The van der Waals surface area contributed by atoms with E-state index >= 15 is 0 Å². The van der Waals surface area contributed by atoms with Crippen molar-refractivity contribution >= 4 is 0 Å². The molecule has 1 aromatic carbocycles. The van der Waals surface area contributed by atoms with Crippen molar-refractivity contribution in [2.75, 3.05) is 5.84 Å². The van der Waals surface area contributed by atoms with Crippen LogP contribution in [0.1, 0.15) is 11.1 Å². The molecule has 0 bridgehead atoms. The highest BCUT2D eigenvalue weighted by Crippen LogP contribution is 2.04. The predicted molar refractivity (Wildman–Crippen MR) is 52.8 cm³/mol. The summed E-state index contributed by atoms with van der Waals surface area (Å²) in [5.41, 5.74) is 1.74. The highest BCUT2D eigenvalue weighted by Gasteiger charge is 2.04. The van der Waals surface area contributed by atoms with E-state index in [1.165, 1.54) is 11.0 Å². The lowest BCUT2D eigenvalue weighted by atomic mass is 10.1. The third-order valence-electron chi connectivity index (χ3n) is 2.03. The first kappa shape index (κ1) is 12.0. The lowest BCUT2D eigenvalue weighted by Crippen LogP contribution is -3.00. The normalized spacial score (nSPS) is 9.19. The van der Waals surface area contributed by atoms with E-state index in [9.17, 15) is 0 Å². The number of nitrogens with two attached hydrogens (primary N) is 1. The topological polar surface area (TPSA) is 71.5 Å². The number of hydrogen-bond acceptors (Lipinski definition) is 3. The van der Waals surface area contributed by atoms with Crippen LogP contribution in [0.2, 0.25) is 0 Å². The summed E-state index contributed by atoms with van der Waals surface area (Å²) in [7, 11) is 0. The number of aromatic nitrogens is 3. The molecule has 16 heavy (non-hydrogen) atoms. The molecule has 0 aliphatic heterocycles. The zero-order valence-corrected chi connectivity index (χ0v) is 9.17. The zero-order chi connectivity index (χ0) is 10.7. The molecule has 0 spiro atoms. The van der Waals surface area contributed by atoms with Gasteiger partial charge in [0.1, 0.15) is 6.54 Å². The molecule has 0 saturated heterocycles. The van der Waals surface area contributed by atoms with Gasteiger partial charge in [0.05, 0.1) is 11.6 Å². The smallest absolute Gasteiger partial charge is 0.286 e. The Kier molecular flexibility index (Phi) is 3.86. The van der Waals surface area contributed by atoms with E-state index in [0.717, 1.165) is 5.56 Å². The van der Waals surface area contributed by atoms with Crippen LogP contribution in [0.5, 0.6) is 0 Å². The Morgan fingerprint density at radius 1 is 1.38 bits per heavy atom. The van der Waals surface area contributed by atoms with Gasteiger partial charge in [-0.25, -0.2) is 0 Å². The Morgan fingerprint density at radius 2 is 2.06 bits per heavy atom. The summed E-state index contributed by atoms with van der Waals surface area (Å²) in [6.07, 6.45) is 3.22. The van der Waals surface area contributed by atoms with Crippen molar-refractivity contribution < 1.29 is 17.1 Å². The molecule has 1 heterocycles. The molecule has 0 aliphatic rings. The van der Waals surface area contributed by atoms with Crippen LogP contribution >= 0.6 is 0 Å².